The fourth-order valence-corrected chi connectivity index (χ4v) is 3.53. The van der Waals surface area contributed by atoms with Crippen molar-refractivity contribution in [3.8, 4) is 5.75 Å². The van der Waals surface area contributed by atoms with Gasteiger partial charge in [0.25, 0.3) is 5.91 Å². The Morgan fingerprint density at radius 2 is 1.93 bits per heavy atom. The predicted molar refractivity (Wildman–Crippen MR) is 117 cm³/mol. The van der Waals surface area contributed by atoms with Gasteiger partial charge in [-0.1, -0.05) is 29.8 Å². The lowest BCUT2D eigenvalue weighted by molar-refractivity contribution is -0.113. The number of nitrogens with one attached hydrogen (secondary N) is 3. The molecule has 0 bridgehead atoms. The maximum Gasteiger partial charge on any atom is 0.255 e. The molecular formula is C21H22ClN3O2S. The first-order valence-electron chi connectivity index (χ1n) is 8.97. The second kappa shape index (κ2) is 8.63. The molecule has 1 aliphatic heterocycles. The number of hydrogen-bond donors (Lipinski definition) is 3. The van der Waals surface area contributed by atoms with Crippen LogP contribution in [0.25, 0.3) is 0 Å². The maximum absolute atomic E-state index is 13.1. The number of carbonyl (C=O) groups excluding carboxylic acids is 1. The molecule has 2 aromatic carbocycles. The highest BCUT2D eigenvalue weighted by Crippen LogP contribution is 2.30. The standard InChI is InChI=1S/C21H22ClN3O2S/c1-4-27-16-9-6-14(7-10-16)19-18(13(3)23-21(28)25-19)20(26)24-17-11-15(22)8-5-12(17)2/h5-11,19H,4H2,1-3H3,(H,24,26)(H2,23,25,28). The number of carbonyl (C=O) groups is 1. The Kier molecular flexibility index (Phi) is 6.21. The average Bonchev–Trinajstić information content (AvgIpc) is 2.65. The Labute approximate surface area is 175 Å². The minimum absolute atomic E-state index is 0.218. The lowest BCUT2D eigenvalue weighted by Gasteiger charge is -2.30. The number of amides is 1. The number of hydrogen-bond acceptors (Lipinski definition) is 3. The summed E-state index contributed by atoms with van der Waals surface area (Å²) in [7, 11) is 0. The number of thiocarbonyl (C=S) groups is 1. The smallest absolute Gasteiger partial charge is 0.255 e. The van der Waals surface area contributed by atoms with Crippen molar-refractivity contribution in [3.63, 3.8) is 0 Å². The maximum atomic E-state index is 13.1. The van der Waals surface area contributed by atoms with Crippen LogP contribution in [-0.2, 0) is 4.79 Å². The Bertz CT molecular complexity index is 941. The molecule has 0 fully saturated rings. The van der Waals surface area contributed by atoms with Gasteiger partial charge in [0.1, 0.15) is 5.75 Å². The molecule has 0 saturated heterocycles. The first-order chi connectivity index (χ1) is 13.4. The second-order valence-corrected chi connectivity index (χ2v) is 7.33. The number of allylic oxidation sites excluding steroid dienone is 1. The summed E-state index contributed by atoms with van der Waals surface area (Å²) in [5, 5.41) is 10.2. The molecule has 1 atom stereocenters. The van der Waals surface area contributed by atoms with Gasteiger partial charge in [-0.2, -0.15) is 0 Å². The summed E-state index contributed by atoms with van der Waals surface area (Å²) < 4.78 is 5.51. The molecule has 146 valence electrons. The summed E-state index contributed by atoms with van der Waals surface area (Å²) in [4.78, 5) is 13.1. The molecule has 0 spiro atoms. The summed E-state index contributed by atoms with van der Waals surface area (Å²) in [6, 6.07) is 12.7. The molecule has 5 nitrogen and oxygen atoms in total. The Balaban J connectivity index is 1.92. The highest BCUT2D eigenvalue weighted by Gasteiger charge is 2.30. The third kappa shape index (κ3) is 4.46. The van der Waals surface area contributed by atoms with Crippen LogP contribution < -0.4 is 20.7 Å². The van der Waals surface area contributed by atoms with Crippen molar-refractivity contribution in [2.45, 2.75) is 26.8 Å². The van der Waals surface area contributed by atoms with Crippen LogP contribution in [0, 0.1) is 6.92 Å². The van der Waals surface area contributed by atoms with Crippen LogP contribution in [0.4, 0.5) is 5.69 Å². The highest BCUT2D eigenvalue weighted by molar-refractivity contribution is 7.80. The lowest BCUT2D eigenvalue weighted by atomic mass is 9.94. The number of benzene rings is 2. The SMILES string of the molecule is CCOc1ccc(C2NC(=S)NC(C)=C2C(=O)Nc2cc(Cl)ccc2C)cc1. The fraction of sp³-hybridized carbons (Fsp3) is 0.238. The third-order valence-electron chi connectivity index (χ3n) is 4.49. The number of anilines is 1. The monoisotopic (exact) mass is 415 g/mol. The van der Waals surface area contributed by atoms with Crippen LogP contribution in [0.5, 0.6) is 5.75 Å². The van der Waals surface area contributed by atoms with E-state index in [1.165, 1.54) is 0 Å². The molecule has 1 aliphatic rings. The number of halogens is 1. The van der Waals surface area contributed by atoms with Crippen LogP contribution in [-0.4, -0.2) is 17.6 Å². The normalized spacial score (nSPS) is 16.3. The Morgan fingerprint density at radius 1 is 1.21 bits per heavy atom. The quantitative estimate of drug-likeness (QED) is 0.628. The van der Waals surface area contributed by atoms with E-state index < -0.39 is 0 Å². The molecule has 0 radical (unpaired) electrons. The average molecular weight is 416 g/mol. The van der Waals surface area contributed by atoms with Gasteiger partial charge in [-0.05, 0) is 68.4 Å². The van der Waals surface area contributed by atoms with Crippen LogP contribution >= 0.6 is 23.8 Å². The third-order valence-corrected chi connectivity index (χ3v) is 4.94. The summed E-state index contributed by atoms with van der Waals surface area (Å²) in [6.45, 7) is 6.30. The van der Waals surface area contributed by atoms with Gasteiger partial charge < -0.3 is 20.7 Å². The van der Waals surface area contributed by atoms with Gasteiger partial charge in [0.15, 0.2) is 5.11 Å². The largest absolute Gasteiger partial charge is 0.494 e. The van der Waals surface area contributed by atoms with Crippen molar-refractivity contribution in [2.75, 3.05) is 11.9 Å². The van der Waals surface area contributed by atoms with Crippen molar-refractivity contribution < 1.29 is 9.53 Å². The molecule has 3 N–H and O–H groups in total. The second-order valence-electron chi connectivity index (χ2n) is 6.49. The van der Waals surface area contributed by atoms with E-state index in [4.69, 9.17) is 28.6 Å². The van der Waals surface area contributed by atoms with E-state index in [0.717, 1.165) is 16.9 Å². The molecule has 0 aliphatic carbocycles. The van der Waals surface area contributed by atoms with Crippen LogP contribution in [0.1, 0.15) is 31.0 Å². The topological polar surface area (TPSA) is 62.4 Å². The minimum atomic E-state index is -0.371. The first-order valence-corrected chi connectivity index (χ1v) is 9.76. The van der Waals surface area contributed by atoms with Crippen LogP contribution in [0.3, 0.4) is 0 Å². The molecule has 0 saturated carbocycles. The van der Waals surface area contributed by atoms with E-state index in [1.54, 1.807) is 12.1 Å². The first kappa shape index (κ1) is 20.2. The summed E-state index contributed by atoms with van der Waals surface area (Å²) in [5.74, 6) is 0.563. The van der Waals surface area contributed by atoms with E-state index in [-0.39, 0.29) is 11.9 Å². The molecule has 28 heavy (non-hydrogen) atoms. The molecule has 1 unspecified atom stereocenters. The number of ether oxygens (including phenoxy) is 1. The molecule has 1 amide bonds. The fourth-order valence-electron chi connectivity index (χ4n) is 3.09. The van der Waals surface area contributed by atoms with Gasteiger partial charge in [-0.25, -0.2) is 0 Å². The van der Waals surface area contributed by atoms with E-state index in [0.29, 0.717) is 33.7 Å². The minimum Gasteiger partial charge on any atom is -0.494 e. The van der Waals surface area contributed by atoms with Crippen LogP contribution in [0.15, 0.2) is 53.7 Å². The predicted octanol–water partition coefficient (Wildman–Crippen LogP) is 4.48. The Hall–Kier alpha value is -2.57. The summed E-state index contributed by atoms with van der Waals surface area (Å²) >= 11 is 11.4. The van der Waals surface area contributed by atoms with Crippen LogP contribution in [0.2, 0.25) is 5.02 Å². The Morgan fingerprint density at radius 3 is 2.61 bits per heavy atom. The van der Waals surface area contributed by atoms with Crippen molar-refractivity contribution in [2.24, 2.45) is 0 Å². The zero-order valence-electron chi connectivity index (χ0n) is 15.9. The highest BCUT2D eigenvalue weighted by atomic mass is 35.5. The molecule has 2 aromatic rings. The molecular weight excluding hydrogens is 394 g/mol. The molecule has 7 heteroatoms. The van der Waals surface area contributed by atoms with Gasteiger partial charge in [-0.3, -0.25) is 4.79 Å². The zero-order chi connectivity index (χ0) is 20.3. The van der Waals surface area contributed by atoms with Gasteiger partial charge in [-0.15, -0.1) is 0 Å². The summed E-state index contributed by atoms with van der Waals surface area (Å²) in [5.41, 5.74) is 3.80. The van der Waals surface area contributed by atoms with E-state index in [9.17, 15) is 4.79 Å². The molecule has 0 aromatic heterocycles. The summed E-state index contributed by atoms with van der Waals surface area (Å²) in [6.07, 6.45) is 0. The molecule has 1 heterocycles. The van der Waals surface area contributed by atoms with E-state index in [1.807, 2.05) is 51.1 Å². The van der Waals surface area contributed by atoms with Gasteiger partial charge in [0.05, 0.1) is 18.2 Å². The zero-order valence-corrected chi connectivity index (χ0v) is 17.5. The van der Waals surface area contributed by atoms with Gasteiger partial charge in [0.2, 0.25) is 0 Å². The van der Waals surface area contributed by atoms with Gasteiger partial charge in [0, 0.05) is 16.4 Å². The van der Waals surface area contributed by atoms with Crippen molar-refractivity contribution in [1.29, 1.82) is 0 Å². The number of aryl methyl sites for hydroxylation is 1. The number of rotatable bonds is 5. The lowest BCUT2D eigenvalue weighted by Crippen LogP contribution is -2.45. The van der Waals surface area contributed by atoms with E-state index >= 15 is 0 Å². The molecule has 3 rings (SSSR count). The van der Waals surface area contributed by atoms with E-state index in [2.05, 4.69) is 16.0 Å². The van der Waals surface area contributed by atoms with Crippen molar-refractivity contribution in [3.05, 3.63) is 69.9 Å². The van der Waals surface area contributed by atoms with Gasteiger partial charge >= 0.3 is 0 Å². The van der Waals surface area contributed by atoms with Crippen molar-refractivity contribution >= 4 is 40.5 Å². The van der Waals surface area contributed by atoms with Crippen molar-refractivity contribution in [1.82, 2.24) is 10.6 Å².